The number of ether oxygens (including phenoxy) is 1. The molecular formula is C16H20N2O2. The molecule has 0 spiro atoms. The molecule has 1 aromatic carbocycles. The summed E-state index contributed by atoms with van der Waals surface area (Å²) in [6, 6.07) is 8.60. The first-order valence-electron chi connectivity index (χ1n) is 6.95. The van der Waals surface area contributed by atoms with Crippen LogP contribution in [0, 0.1) is 0 Å². The van der Waals surface area contributed by atoms with Gasteiger partial charge in [-0.25, -0.2) is 0 Å². The summed E-state index contributed by atoms with van der Waals surface area (Å²) >= 11 is 0. The summed E-state index contributed by atoms with van der Waals surface area (Å²) in [4.78, 5) is 2.25. The summed E-state index contributed by atoms with van der Waals surface area (Å²) in [6.07, 6.45) is 4.47. The number of benzene rings is 1. The zero-order chi connectivity index (χ0) is 13.9. The Kier molecular flexibility index (Phi) is 3.76. The van der Waals surface area contributed by atoms with Crippen molar-refractivity contribution in [1.82, 2.24) is 4.90 Å². The quantitative estimate of drug-likeness (QED) is 0.907. The Hall–Kier alpha value is -1.78. The first-order chi connectivity index (χ1) is 9.78. The number of hydrogen-bond donors (Lipinski definition) is 1. The van der Waals surface area contributed by atoms with E-state index in [0.29, 0.717) is 6.54 Å². The monoisotopic (exact) mass is 272 g/mol. The third-order valence-corrected chi connectivity index (χ3v) is 3.87. The molecule has 0 radical (unpaired) electrons. The summed E-state index contributed by atoms with van der Waals surface area (Å²) in [5.41, 5.74) is 9.69. The average Bonchev–Trinajstić information content (AvgIpc) is 3.09. The third kappa shape index (κ3) is 2.57. The van der Waals surface area contributed by atoms with Crippen molar-refractivity contribution in [3.63, 3.8) is 0 Å². The zero-order valence-corrected chi connectivity index (χ0v) is 11.7. The first-order valence-corrected chi connectivity index (χ1v) is 6.95. The van der Waals surface area contributed by atoms with Gasteiger partial charge < -0.3 is 14.9 Å². The minimum atomic E-state index is 0.204. The molecule has 2 N–H and O–H groups in total. The highest BCUT2D eigenvalue weighted by Gasteiger charge is 2.19. The molecule has 2 heterocycles. The SMILES string of the molecule is CN(Cc1ccoc1)C(CN)c1ccc2c(c1)CCO2. The zero-order valence-electron chi connectivity index (χ0n) is 11.7. The van der Waals surface area contributed by atoms with Crippen molar-refractivity contribution in [3.05, 3.63) is 53.5 Å². The highest BCUT2D eigenvalue weighted by molar-refractivity contribution is 5.41. The second-order valence-electron chi connectivity index (χ2n) is 5.26. The van der Waals surface area contributed by atoms with Gasteiger partial charge in [0.2, 0.25) is 0 Å². The number of likely N-dealkylation sites (N-methyl/N-ethyl adjacent to an activating group) is 1. The predicted molar refractivity (Wildman–Crippen MR) is 77.6 cm³/mol. The normalized spacial score (nSPS) is 15.2. The molecule has 1 aromatic heterocycles. The van der Waals surface area contributed by atoms with Crippen molar-refractivity contribution in [2.75, 3.05) is 20.2 Å². The smallest absolute Gasteiger partial charge is 0.122 e. The highest BCUT2D eigenvalue weighted by Crippen LogP contribution is 2.30. The van der Waals surface area contributed by atoms with Gasteiger partial charge in [0.05, 0.1) is 19.1 Å². The van der Waals surface area contributed by atoms with Gasteiger partial charge in [-0.3, -0.25) is 4.90 Å². The molecule has 0 saturated heterocycles. The van der Waals surface area contributed by atoms with Crippen LogP contribution in [-0.4, -0.2) is 25.1 Å². The van der Waals surface area contributed by atoms with Gasteiger partial charge in [0.25, 0.3) is 0 Å². The van der Waals surface area contributed by atoms with Gasteiger partial charge in [0.1, 0.15) is 5.75 Å². The summed E-state index contributed by atoms with van der Waals surface area (Å²) in [6.45, 7) is 2.21. The van der Waals surface area contributed by atoms with Crippen molar-refractivity contribution < 1.29 is 9.15 Å². The van der Waals surface area contributed by atoms with Crippen molar-refractivity contribution in [3.8, 4) is 5.75 Å². The second kappa shape index (κ2) is 5.69. The molecule has 0 aliphatic carbocycles. The van der Waals surface area contributed by atoms with Crippen LogP contribution in [0.1, 0.15) is 22.7 Å². The van der Waals surface area contributed by atoms with Crippen LogP contribution in [-0.2, 0) is 13.0 Å². The maximum absolute atomic E-state index is 5.98. The molecule has 0 amide bonds. The van der Waals surface area contributed by atoms with E-state index in [4.69, 9.17) is 14.9 Å². The molecule has 20 heavy (non-hydrogen) atoms. The van der Waals surface area contributed by atoms with E-state index in [-0.39, 0.29) is 6.04 Å². The van der Waals surface area contributed by atoms with Gasteiger partial charge in [0, 0.05) is 31.1 Å². The average molecular weight is 272 g/mol. The fourth-order valence-corrected chi connectivity index (χ4v) is 2.77. The summed E-state index contributed by atoms with van der Waals surface area (Å²) < 4.78 is 10.7. The Morgan fingerprint density at radius 3 is 3.00 bits per heavy atom. The molecule has 106 valence electrons. The molecule has 4 nitrogen and oxygen atoms in total. The van der Waals surface area contributed by atoms with E-state index in [9.17, 15) is 0 Å². The van der Waals surface area contributed by atoms with Gasteiger partial charge in [0.15, 0.2) is 0 Å². The van der Waals surface area contributed by atoms with Crippen molar-refractivity contribution in [2.24, 2.45) is 5.73 Å². The minimum Gasteiger partial charge on any atom is -0.493 e. The maximum Gasteiger partial charge on any atom is 0.122 e. The molecule has 1 atom stereocenters. The van der Waals surface area contributed by atoms with E-state index in [0.717, 1.165) is 30.9 Å². The Morgan fingerprint density at radius 2 is 2.25 bits per heavy atom. The molecule has 2 aromatic rings. The lowest BCUT2D eigenvalue weighted by molar-refractivity contribution is 0.241. The first kappa shape index (κ1) is 13.2. The summed E-state index contributed by atoms with van der Waals surface area (Å²) in [7, 11) is 2.09. The molecule has 1 unspecified atom stereocenters. The lowest BCUT2D eigenvalue weighted by Crippen LogP contribution is -2.30. The van der Waals surface area contributed by atoms with Gasteiger partial charge >= 0.3 is 0 Å². The third-order valence-electron chi connectivity index (χ3n) is 3.87. The van der Waals surface area contributed by atoms with Crippen LogP contribution in [0.25, 0.3) is 0 Å². The molecule has 0 fully saturated rings. The second-order valence-corrected chi connectivity index (χ2v) is 5.26. The van der Waals surface area contributed by atoms with Gasteiger partial charge in [-0.2, -0.15) is 0 Å². The van der Waals surface area contributed by atoms with E-state index in [1.54, 1.807) is 12.5 Å². The topological polar surface area (TPSA) is 51.6 Å². The van der Waals surface area contributed by atoms with Crippen molar-refractivity contribution >= 4 is 0 Å². The largest absolute Gasteiger partial charge is 0.493 e. The van der Waals surface area contributed by atoms with Gasteiger partial charge in [-0.05, 0) is 30.3 Å². The van der Waals surface area contributed by atoms with Crippen molar-refractivity contribution in [2.45, 2.75) is 19.0 Å². The van der Waals surface area contributed by atoms with Gasteiger partial charge in [-0.15, -0.1) is 0 Å². The van der Waals surface area contributed by atoms with E-state index in [1.165, 1.54) is 11.1 Å². The summed E-state index contributed by atoms with van der Waals surface area (Å²) in [5, 5.41) is 0. The van der Waals surface area contributed by atoms with Crippen molar-refractivity contribution in [1.29, 1.82) is 0 Å². The number of hydrogen-bond acceptors (Lipinski definition) is 4. The molecule has 0 saturated carbocycles. The minimum absolute atomic E-state index is 0.204. The van der Waals surface area contributed by atoms with Crippen LogP contribution >= 0.6 is 0 Å². The van der Waals surface area contributed by atoms with Gasteiger partial charge in [-0.1, -0.05) is 12.1 Å². The molecular weight excluding hydrogens is 252 g/mol. The lowest BCUT2D eigenvalue weighted by Gasteiger charge is -2.27. The van der Waals surface area contributed by atoms with E-state index < -0.39 is 0 Å². The predicted octanol–water partition coefficient (Wildman–Crippen LogP) is 2.35. The standard InChI is InChI=1S/C16H20N2O2/c1-18(10-12-4-6-19-11-12)15(9-17)13-2-3-16-14(8-13)5-7-20-16/h2-4,6,8,11,15H,5,7,9-10,17H2,1H3. The van der Waals surface area contributed by atoms with E-state index >= 15 is 0 Å². The maximum atomic E-state index is 5.98. The van der Waals surface area contributed by atoms with Crippen LogP contribution in [0.15, 0.2) is 41.2 Å². The van der Waals surface area contributed by atoms with Crippen LogP contribution in [0.4, 0.5) is 0 Å². The number of fused-ring (bicyclic) bond motifs is 1. The number of nitrogens with zero attached hydrogens (tertiary/aromatic N) is 1. The van der Waals surface area contributed by atoms with E-state index in [1.807, 2.05) is 6.07 Å². The fraction of sp³-hybridized carbons (Fsp3) is 0.375. The van der Waals surface area contributed by atoms with Crippen LogP contribution < -0.4 is 10.5 Å². The van der Waals surface area contributed by atoms with Crippen LogP contribution in [0.5, 0.6) is 5.75 Å². The number of nitrogens with two attached hydrogens (primary N) is 1. The number of furan rings is 1. The summed E-state index contributed by atoms with van der Waals surface area (Å²) in [5.74, 6) is 1.02. The molecule has 1 aliphatic heterocycles. The number of rotatable bonds is 5. The Labute approximate surface area is 119 Å². The Bertz CT molecular complexity index is 566. The lowest BCUT2D eigenvalue weighted by atomic mass is 10.0. The van der Waals surface area contributed by atoms with Crippen LogP contribution in [0.3, 0.4) is 0 Å². The fourth-order valence-electron chi connectivity index (χ4n) is 2.77. The van der Waals surface area contributed by atoms with Crippen LogP contribution in [0.2, 0.25) is 0 Å². The molecule has 3 rings (SSSR count). The molecule has 0 bridgehead atoms. The molecule has 4 heteroatoms. The Balaban J connectivity index is 1.78. The van der Waals surface area contributed by atoms with E-state index in [2.05, 4.69) is 30.1 Å². The Morgan fingerprint density at radius 1 is 1.35 bits per heavy atom. The highest BCUT2D eigenvalue weighted by atomic mass is 16.5. The molecule has 1 aliphatic rings.